The van der Waals surface area contributed by atoms with Crippen molar-refractivity contribution >= 4 is 17.9 Å². The van der Waals surface area contributed by atoms with E-state index in [9.17, 15) is 4.39 Å². The number of rotatable bonds is 6. The van der Waals surface area contributed by atoms with Gasteiger partial charge in [-0.1, -0.05) is 24.3 Å². The molecule has 5 nitrogen and oxygen atoms in total. The summed E-state index contributed by atoms with van der Waals surface area (Å²) in [5.74, 6) is 0.957. The third kappa shape index (κ3) is 4.39. The molecular formula is C18H16FN3O2S. The molecule has 2 aromatic carbocycles. The highest BCUT2D eigenvalue weighted by Gasteiger charge is 2.06. The predicted molar refractivity (Wildman–Crippen MR) is 96.5 cm³/mol. The van der Waals surface area contributed by atoms with E-state index in [1.54, 1.807) is 18.2 Å². The summed E-state index contributed by atoms with van der Waals surface area (Å²) in [5, 5.41) is 0. The Kier molecular flexibility index (Phi) is 5.35. The predicted octanol–water partition coefficient (Wildman–Crippen LogP) is 4.42. The number of nitrogens with one attached hydrogen (secondary N) is 1. The highest BCUT2D eigenvalue weighted by molar-refractivity contribution is 8.00. The molecule has 0 unspecified atom stereocenters. The van der Waals surface area contributed by atoms with E-state index >= 15 is 0 Å². The Morgan fingerprint density at radius 2 is 1.56 bits per heavy atom. The van der Waals surface area contributed by atoms with Crippen LogP contribution in [-0.2, 0) is 0 Å². The maximum absolute atomic E-state index is 13.1. The molecule has 3 aromatic rings. The van der Waals surface area contributed by atoms with Gasteiger partial charge in [0.05, 0.1) is 20.3 Å². The SMILES string of the molecule is COc1cc(OC)nc(NSc2cccc(-c3ccc(F)cc3)c2)n1. The molecule has 0 aliphatic carbocycles. The third-order valence-electron chi connectivity index (χ3n) is 3.37. The summed E-state index contributed by atoms with van der Waals surface area (Å²) in [6.07, 6.45) is 0. The molecule has 0 bridgehead atoms. The van der Waals surface area contributed by atoms with Crippen LogP contribution in [0.15, 0.2) is 59.5 Å². The molecule has 128 valence electrons. The van der Waals surface area contributed by atoms with Crippen LogP contribution in [0.25, 0.3) is 11.1 Å². The van der Waals surface area contributed by atoms with E-state index in [1.807, 2.05) is 24.3 Å². The Morgan fingerprint density at radius 3 is 2.20 bits per heavy atom. The zero-order valence-corrected chi connectivity index (χ0v) is 14.5. The quantitative estimate of drug-likeness (QED) is 0.659. The van der Waals surface area contributed by atoms with Crippen molar-refractivity contribution in [2.75, 3.05) is 18.9 Å². The van der Waals surface area contributed by atoms with Gasteiger partial charge < -0.3 is 9.47 Å². The molecule has 0 radical (unpaired) electrons. The van der Waals surface area contributed by atoms with E-state index in [0.717, 1.165) is 16.0 Å². The van der Waals surface area contributed by atoms with Gasteiger partial charge in [-0.25, -0.2) is 4.39 Å². The maximum Gasteiger partial charge on any atom is 0.239 e. The number of anilines is 1. The van der Waals surface area contributed by atoms with Crippen molar-refractivity contribution in [3.8, 4) is 22.9 Å². The Labute approximate surface area is 149 Å². The fraction of sp³-hybridized carbons (Fsp3) is 0.111. The molecule has 0 amide bonds. The van der Waals surface area contributed by atoms with Crippen LogP contribution in [0.4, 0.5) is 10.3 Å². The maximum atomic E-state index is 13.1. The molecule has 3 rings (SSSR count). The molecule has 1 aromatic heterocycles. The lowest BCUT2D eigenvalue weighted by atomic mass is 10.1. The van der Waals surface area contributed by atoms with Crippen LogP contribution >= 0.6 is 11.9 Å². The smallest absolute Gasteiger partial charge is 0.239 e. The standard InChI is InChI=1S/C18H16FN3O2S/c1-23-16-11-17(24-2)21-18(20-16)22-25-15-5-3-4-13(10-15)12-6-8-14(19)9-7-12/h3-11H,1-2H3,(H,20,21,22). The van der Waals surface area contributed by atoms with Crippen molar-refractivity contribution in [1.29, 1.82) is 0 Å². The number of aromatic nitrogens is 2. The molecule has 0 spiro atoms. The highest BCUT2D eigenvalue weighted by Crippen LogP contribution is 2.27. The summed E-state index contributed by atoms with van der Waals surface area (Å²) in [6.45, 7) is 0. The van der Waals surface area contributed by atoms with Crippen LogP contribution in [0.1, 0.15) is 0 Å². The van der Waals surface area contributed by atoms with E-state index in [-0.39, 0.29) is 5.82 Å². The van der Waals surface area contributed by atoms with Gasteiger partial charge >= 0.3 is 0 Å². The Morgan fingerprint density at radius 1 is 0.880 bits per heavy atom. The van der Waals surface area contributed by atoms with Gasteiger partial charge in [0, 0.05) is 4.90 Å². The minimum absolute atomic E-state index is 0.250. The Hall–Kier alpha value is -2.80. The molecule has 1 N–H and O–H groups in total. The number of ether oxygens (including phenoxy) is 2. The Bertz CT molecular complexity index is 837. The van der Waals surface area contributed by atoms with E-state index in [2.05, 4.69) is 14.7 Å². The topological polar surface area (TPSA) is 56.3 Å². The van der Waals surface area contributed by atoms with Gasteiger partial charge in [-0.2, -0.15) is 9.97 Å². The number of benzene rings is 2. The van der Waals surface area contributed by atoms with Gasteiger partial charge in [0.1, 0.15) is 5.82 Å². The first-order valence-corrected chi connectivity index (χ1v) is 8.25. The van der Waals surface area contributed by atoms with Crippen LogP contribution in [-0.4, -0.2) is 24.2 Å². The molecule has 0 saturated carbocycles. The molecule has 25 heavy (non-hydrogen) atoms. The van der Waals surface area contributed by atoms with Crippen molar-refractivity contribution in [2.45, 2.75) is 4.90 Å². The van der Waals surface area contributed by atoms with Crippen molar-refractivity contribution in [1.82, 2.24) is 9.97 Å². The number of nitrogens with zero attached hydrogens (tertiary/aromatic N) is 2. The van der Waals surface area contributed by atoms with Gasteiger partial charge in [-0.3, -0.25) is 4.72 Å². The first-order chi connectivity index (χ1) is 12.2. The van der Waals surface area contributed by atoms with Gasteiger partial charge in [-0.15, -0.1) is 0 Å². The monoisotopic (exact) mass is 357 g/mol. The molecule has 0 saturated heterocycles. The second kappa shape index (κ2) is 7.85. The number of methoxy groups -OCH3 is 2. The fourth-order valence-corrected chi connectivity index (χ4v) is 2.78. The lowest BCUT2D eigenvalue weighted by Gasteiger charge is -2.09. The van der Waals surface area contributed by atoms with Crippen LogP contribution < -0.4 is 14.2 Å². The first kappa shape index (κ1) is 17.0. The summed E-state index contributed by atoms with van der Waals surface area (Å²) in [5.41, 5.74) is 1.94. The molecule has 0 fully saturated rings. The lowest BCUT2D eigenvalue weighted by molar-refractivity contribution is 0.373. The summed E-state index contributed by atoms with van der Waals surface area (Å²) < 4.78 is 26.4. The van der Waals surface area contributed by atoms with Crippen molar-refractivity contribution in [2.24, 2.45) is 0 Å². The van der Waals surface area contributed by atoms with Crippen molar-refractivity contribution in [3.05, 3.63) is 60.4 Å². The normalized spacial score (nSPS) is 10.4. The third-order valence-corrected chi connectivity index (χ3v) is 4.14. The average molecular weight is 357 g/mol. The Balaban J connectivity index is 1.76. The molecule has 1 heterocycles. The van der Waals surface area contributed by atoms with Crippen LogP contribution in [0.3, 0.4) is 0 Å². The van der Waals surface area contributed by atoms with E-state index in [4.69, 9.17) is 9.47 Å². The van der Waals surface area contributed by atoms with Crippen LogP contribution in [0.2, 0.25) is 0 Å². The second-order valence-electron chi connectivity index (χ2n) is 5.02. The van der Waals surface area contributed by atoms with Crippen LogP contribution in [0, 0.1) is 5.82 Å². The molecule has 0 aliphatic rings. The fourth-order valence-electron chi connectivity index (χ4n) is 2.14. The number of hydrogen-bond acceptors (Lipinski definition) is 6. The van der Waals surface area contributed by atoms with Crippen LogP contribution in [0.5, 0.6) is 11.8 Å². The highest BCUT2D eigenvalue weighted by atomic mass is 32.2. The molecule has 7 heteroatoms. The number of halogens is 1. The van der Waals surface area contributed by atoms with Crippen molar-refractivity contribution < 1.29 is 13.9 Å². The minimum atomic E-state index is -0.250. The average Bonchev–Trinajstić information content (AvgIpc) is 2.67. The summed E-state index contributed by atoms with van der Waals surface area (Å²) >= 11 is 1.36. The molecule has 0 aliphatic heterocycles. The van der Waals surface area contributed by atoms with Gasteiger partial charge in [0.2, 0.25) is 17.7 Å². The van der Waals surface area contributed by atoms with E-state index < -0.39 is 0 Å². The van der Waals surface area contributed by atoms with Crippen molar-refractivity contribution in [3.63, 3.8) is 0 Å². The first-order valence-electron chi connectivity index (χ1n) is 7.44. The van der Waals surface area contributed by atoms with Gasteiger partial charge in [0.25, 0.3) is 0 Å². The summed E-state index contributed by atoms with van der Waals surface area (Å²) in [7, 11) is 3.07. The second-order valence-corrected chi connectivity index (χ2v) is 5.89. The molecule has 0 atom stereocenters. The zero-order chi connectivity index (χ0) is 17.6. The molecular weight excluding hydrogens is 341 g/mol. The van der Waals surface area contributed by atoms with E-state index in [0.29, 0.717) is 17.7 Å². The van der Waals surface area contributed by atoms with Gasteiger partial charge in [0.15, 0.2) is 0 Å². The minimum Gasteiger partial charge on any atom is -0.481 e. The number of hydrogen-bond donors (Lipinski definition) is 1. The van der Waals surface area contributed by atoms with Gasteiger partial charge in [-0.05, 0) is 47.3 Å². The summed E-state index contributed by atoms with van der Waals surface area (Å²) in [4.78, 5) is 9.40. The largest absolute Gasteiger partial charge is 0.481 e. The lowest BCUT2D eigenvalue weighted by Crippen LogP contribution is -1.99. The summed E-state index contributed by atoms with van der Waals surface area (Å²) in [6, 6.07) is 15.9. The zero-order valence-electron chi connectivity index (χ0n) is 13.7. The van der Waals surface area contributed by atoms with E-state index in [1.165, 1.54) is 38.3 Å².